The van der Waals surface area contributed by atoms with E-state index < -0.39 is 5.91 Å². The fraction of sp³-hybridized carbons (Fsp3) is 0.214. The zero-order valence-corrected chi connectivity index (χ0v) is 11.0. The van der Waals surface area contributed by atoms with Gasteiger partial charge in [0.15, 0.2) is 0 Å². The summed E-state index contributed by atoms with van der Waals surface area (Å²) in [4.78, 5) is 22.7. The molecule has 0 atom stereocenters. The van der Waals surface area contributed by atoms with Gasteiger partial charge in [-0.05, 0) is 0 Å². The standard InChI is InChI=1S/C14H14N2O4/c1-19-13(17)7-8-15-14(18)12-9-11(16-20-12)10-5-3-2-4-6-10/h2-6,9H,7-8H2,1H3,(H,15,18). The predicted molar refractivity (Wildman–Crippen MR) is 70.9 cm³/mol. The normalized spacial score (nSPS) is 10.1. The molecule has 0 fully saturated rings. The molecule has 0 aliphatic rings. The number of carbonyl (C=O) groups excluding carboxylic acids is 2. The van der Waals surface area contributed by atoms with Crippen LogP contribution in [0.3, 0.4) is 0 Å². The van der Waals surface area contributed by atoms with Crippen molar-refractivity contribution in [2.75, 3.05) is 13.7 Å². The Bertz CT molecular complexity index is 592. The Kier molecular flexibility index (Phi) is 4.49. The molecule has 20 heavy (non-hydrogen) atoms. The molecular weight excluding hydrogens is 260 g/mol. The number of benzene rings is 1. The second kappa shape index (κ2) is 6.51. The van der Waals surface area contributed by atoms with Crippen LogP contribution in [0.15, 0.2) is 40.9 Å². The fourth-order valence-corrected chi connectivity index (χ4v) is 1.59. The van der Waals surface area contributed by atoms with Crippen LogP contribution in [0.1, 0.15) is 17.0 Å². The molecule has 0 aliphatic carbocycles. The van der Waals surface area contributed by atoms with E-state index in [-0.39, 0.29) is 24.7 Å². The number of ether oxygens (including phenoxy) is 1. The molecule has 0 aliphatic heterocycles. The first kappa shape index (κ1) is 13.8. The van der Waals surface area contributed by atoms with Crippen molar-refractivity contribution in [1.29, 1.82) is 0 Å². The maximum atomic E-state index is 11.8. The second-order valence-corrected chi connectivity index (χ2v) is 4.02. The number of amides is 1. The van der Waals surface area contributed by atoms with Gasteiger partial charge >= 0.3 is 5.97 Å². The van der Waals surface area contributed by atoms with Gasteiger partial charge < -0.3 is 14.6 Å². The summed E-state index contributed by atoms with van der Waals surface area (Å²) in [6.07, 6.45) is 0.113. The van der Waals surface area contributed by atoms with Crippen LogP contribution in [-0.4, -0.2) is 30.7 Å². The van der Waals surface area contributed by atoms with Gasteiger partial charge in [0.25, 0.3) is 5.91 Å². The molecule has 0 spiro atoms. The van der Waals surface area contributed by atoms with Crippen molar-refractivity contribution >= 4 is 11.9 Å². The summed E-state index contributed by atoms with van der Waals surface area (Å²) < 4.78 is 9.46. The molecule has 6 nitrogen and oxygen atoms in total. The molecule has 0 unspecified atom stereocenters. The van der Waals surface area contributed by atoms with Gasteiger partial charge in [0, 0.05) is 18.2 Å². The summed E-state index contributed by atoms with van der Waals surface area (Å²) in [6, 6.07) is 10.9. The number of aromatic nitrogens is 1. The minimum absolute atomic E-state index is 0.105. The summed E-state index contributed by atoms with van der Waals surface area (Å²) in [5.74, 6) is -0.690. The van der Waals surface area contributed by atoms with Crippen LogP contribution in [0, 0.1) is 0 Å². The highest BCUT2D eigenvalue weighted by atomic mass is 16.5. The number of nitrogens with one attached hydrogen (secondary N) is 1. The Morgan fingerprint density at radius 1 is 1.30 bits per heavy atom. The van der Waals surface area contributed by atoms with E-state index in [4.69, 9.17) is 4.52 Å². The zero-order chi connectivity index (χ0) is 14.4. The van der Waals surface area contributed by atoms with Gasteiger partial charge in [0.05, 0.1) is 13.5 Å². The van der Waals surface area contributed by atoms with Crippen LogP contribution in [-0.2, 0) is 9.53 Å². The number of methoxy groups -OCH3 is 1. The lowest BCUT2D eigenvalue weighted by molar-refractivity contribution is -0.140. The van der Waals surface area contributed by atoms with E-state index in [0.29, 0.717) is 5.69 Å². The predicted octanol–water partition coefficient (Wildman–Crippen LogP) is 1.63. The molecule has 1 N–H and O–H groups in total. The van der Waals surface area contributed by atoms with Crippen LogP contribution < -0.4 is 5.32 Å². The quantitative estimate of drug-likeness (QED) is 0.838. The third-order valence-corrected chi connectivity index (χ3v) is 2.65. The van der Waals surface area contributed by atoms with Crippen molar-refractivity contribution in [3.05, 3.63) is 42.2 Å². The molecule has 1 heterocycles. The Morgan fingerprint density at radius 2 is 2.05 bits per heavy atom. The van der Waals surface area contributed by atoms with Gasteiger partial charge in [-0.15, -0.1) is 0 Å². The molecule has 2 aromatic rings. The molecular formula is C14H14N2O4. The van der Waals surface area contributed by atoms with E-state index in [0.717, 1.165) is 5.56 Å². The number of carbonyl (C=O) groups is 2. The highest BCUT2D eigenvalue weighted by Crippen LogP contribution is 2.18. The Hall–Kier alpha value is -2.63. The first-order chi connectivity index (χ1) is 9.70. The third kappa shape index (κ3) is 3.44. The van der Waals surface area contributed by atoms with Gasteiger partial charge in [0.2, 0.25) is 5.76 Å². The SMILES string of the molecule is COC(=O)CCNC(=O)c1cc(-c2ccccc2)no1. The van der Waals surface area contributed by atoms with E-state index in [1.54, 1.807) is 6.07 Å². The maximum absolute atomic E-state index is 11.8. The molecule has 0 bridgehead atoms. The molecule has 6 heteroatoms. The average Bonchev–Trinajstić information content (AvgIpc) is 2.97. The van der Waals surface area contributed by atoms with E-state index in [9.17, 15) is 9.59 Å². The van der Waals surface area contributed by atoms with Crippen molar-refractivity contribution < 1.29 is 18.8 Å². The van der Waals surface area contributed by atoms with E-state index >= 15 is 0 Å². The Balaban J connectivity index is 1.95. The summed E-state index contributed by atoms with van der Waals surface area (Å²) in [5.41, 5.74) is 1.45. The molecule has 0 radical (unpaired) electrons. The maximum Gasteiger partial charge on any atom is 0.307 e. The zero-order valence-electron chi connectivity index (χ0n) is 11.0. The van der Waals surface area contributed by atoms with E-state index in [1.165, 1.54) is 7.11 Å². The van der Waals surface area contributed by atoms with Gasteiger partial charge in [-0.1, -0.05) is 35.5 Å². The lowest BCUT2D eigenvalue weighted by Gasteiger charge is -2.00. The van der Waals surface area contributed by atoms with Crippen molar-refractivity contribution in [2.45, 2.75) is 6.42 Å². The summed E-state index contributed by atoms with van der Waals surface area (Å²) in [5, 5.41) is 6.39. The first-order valence-electron chi connectivity index (χ1n) is 6.08. The van der Waals surface area contributed by atoms with Crippen LogP contribution in [0.5, 0.6) is 0 Å². The van der Waals surface area contributed by atoms with Gasteiger partial charge in [-0.2, -0.15) is 0 Å². The molecule has 2 rings (SSSR count). The van der Waals surface area contributed by atoms with Crippen molar-refractivity contribution in [3.63, 3.8) is 0 Å². The first-order valence-corrected chi connectivity index (χ1v) is 6.08. The van der Waals surface area contributed by atoms with Crippen molar-refractivity contribution in [3.8, 4) is 11.3 Å². The number of hydrogen-bond donors (Lipinski definition) is 1. The van der Waals surface area contributed by atoms with Crippen LogP contribution in [0.4, 0.5) is 0 Å². The van der Waals surface area contributed by atoms with Crippen LogP contribution >= 0.6 is 0 Å². The lowest BCUT2D eigenvalue weighted by Crippen LogP contribution is -2.25. The highest BCUT2D eigenvalue weighted by Gasteiger charge is 2.13. The van der Waals surface area contributed by atoms with Gasteiger partial charge in [-0.25, -0.2) is 0 Å². The minimum atomic E-state index is -0.413. The average molecular weight is 274 g/mol. The summed E-state index contributed by atoms with van der Waals surface area (Å²) >= 11 is 0. The fourth-order valence-electron chi connectivity index (χ4n) is 1.59. The minimum Gasteiger partial charge on any atom is -0.469 e. The summed E-state index contributed by atoms with van der Waals surface area (Å²) in [6.45, 7) is 0.187. The van der Waals surface area contributed by atoms with E-state index in [2.05, 4.69) is 15.2 Å². The smallest absolute Gasteiger partial charge is 0.307 e. The topological polar surface area (TPSA) is 81.4 Å². The number of nitrogens with zero attached hydrogens (tertiary/aromatic N) is 1. The van der Waals surface area contributed by atoms with Crippen LogP contribution in [0.25, 0.3) is 11.3 Å². The number of rotatable bonds is 5. The van der Waals surface area contributed by atoms with Crippen molar-refractivity contribution in [2.24, 2.45) is 0 Å². The highest BCUT2D eigenvalue weighted by molar-refractivity contribution is 5.92. The number of esters is 1. The molecule has 1 aromatic carbocycles. The van der Waals surface area contributed by atoms with Crippen molar-refractivity contribution in [1.82, 2.24) is 10.5 Å². The Labute approximate surface area is 115 Å². The third-order valence-electron chi connectivity index (χ3n) is 2.65. The molecule has 1 amide bonds. The lowest BCUT2D eigenvalue weighted by atomic mass is 10.1. The van der Waals surface area contributed by atoms with E-state index in [1.807, 2.05) is 30.3 Å². The van der Waals surface area contributed by atoms with Gasteiger partial charge in [0.1, 0.15) is 5.69 Å². The Morgan fingerprint density at radius 3 is 2.75 bits per heavy atom. The van der Waals surface area contributed by atoms with Gasteiger partial charge in [-0.3, -0.25) is 9.59 Å². The monoisotopic (exact) mass is 274 g/mol. The number of hydrogen-bond acceptors (Lipinski definition) is 5. The molecule has 1 aromatic heterocycles. The largest absolute Gasteiger partial charge is 0.469 e. The molecule has 0 saturated heterocycles. The summed E-state index contributed by atoms with van der Waals surface area (Å²) in [7, 11) is 1.30. The van der Waals surface area contributed by atoms with Crippen LogP contribution in [0.2, 0.25) is 0 Å². The molecule has 0 saturated carbocycles. The molecule has 104 valence electrons. The second-order valence-electron chi connectivity index (χ2n) is 4.02.